The topological polar surface area (TPSA) is 28.4 Å². The van der Waals surface area contributed by atoms with Crippen molar-refractivity contribution in [1.82, 2.24) is 10.2 Å². The molecule has 0 fully saturated rings. The molecule has 0 aliphatic heterocycles. The molecule has 1 rings (SSSR count). The third kappa shape index (κ3) is 3.36. The summed E-state index contributed by atoms with van der Waals surface area (Å²) < 4.78 is 5.43. The Bertz CT molecular complexity index is 283. The standard InChI is InChI=1S/C12H22N2O/c1-5-10(2)14(4)9-11-6-7-15-12(11)8-13-3/h6-7,10,13H,5,8-9H2,1-4H3. The van der Waals surface area contributed by atoms with E-state index >= 15 is 0 Å². The summed E-state index contributed by atoms with van der Waals surface area (Å²) in [4.78, 5) is 2.35. The van der Waals surface area contributed by atoms with Gasteiger partial charge in [-0.15, -0.1) is 0 Å². The van der Waals surface area contributed by atoms with Crippen molar-refractivity contribution in [3.05, 3.63) is 23.7 Å². The summed E-state index contributed by atoms with van der Waals surface area (Å²) in [5.74, 6) is 1.05. The van der Waals surface area contributed by atoms with Crippen molar-refractivity contribution >= 4 is 0 Å². The molecule has 3 heteroatoms. The highest BCUT2D eigenvalue weighted by Crippen LogP contribution is 2.14. The Morgan fingerprint density at radius 3 is 2.87 bits per heavy atom. The fourth-order valence-electron chi connectivity index (χ4n) is 1.56. The SMILES string of the molecule is CCC(C)N(C)Cc1ccoc1CNC. The molecule has 0 aliphatic rings. The number of furan rings is 1. The summed E-state index contributed by atoms with van der Waals surface area (Å²) in [7, 11) is 4.09. The zero-order valence-corrected chi connectivity index (χ0v) is 10.2. The van der Waals surface area contributed by atoms with Crippen molar-refractivity contribution in [2.45, 2.75) is 39.4 Å². The maximum atomic E-state index is 5.43. The van der Waals surface area contributed by atoms with Gasteiger partial charge in [0.05, 0.1) is 12.8 Å². The Labute approximate surface area is 92.5 Å². The lowest BCUT2D eigenvalue weighted by atomic mass is 10.2. The first-order valence-electron chi connectivity index (χ1n) is 5.59. The molecule has 86 valence electrons. The van der Waals surface area contributed by atoms with Crippen LogP contribution in [0, 0.1) is 0 Å². The molecule has 0 spiro atoms. The molecule has 0 aromatic carbocycles. The summed E-state index contributed by atoms with van der Waals surface area (Å²) in [6.07, 6.45) is 2.95. The molecule has 3 nitrogen and oxygen atoms in total. The van der Waals surface area contributed by atoms with Crippen molar-refractivity contribution in [3.8, 4) is 0 Å². The minimum absolute atomic E-state index is 0.613. The van der Waals surface area contributed by atoms with E-state index in [-0.39, 0.29) is 0 Å². The predicted molar refractivity (Wildman–Crippen MR) is 62.7 cm³/mol. The third-order valence-corrected chi connectivity index (χ3v) is 2.94. The maximum absolute atomic E-state index is 5.43. The third-order valence-electron chi connectivity index (χ3n) is 2.94. The first kappa shape index (κ1) is 12.3. The highest BCUT2D eigenvalue weighted by atomic mass is 16.3. The van der Waals surface area contributed by atoms with Crippen LogP contribution in [0.4, 0.5) is 0 Å². The van der Waals surface area contributed by atoms with Gasteiger partial charge in [0, 0.05) is 18.2 Å². The van der Waals surface area contributed by atoms with Crippen LogP contribution in [0.1, 0.15) is 31.6 Å². The van der Waals surface area contributed by atoms with Gasteiger partial charge in [-0.1, -0.05) is 6.92 Å². The molecule has 1 heterocycles. The lowest BCUT2D eigenvalue weighted by Crippen LogP contribution is -2.28. The van der Waals surface area contributed by atoms with E-state index < -0.39 is 0 Å². The molecule has 1 unspecified atom stereocenters. The quantitative estimate of drug-likeness (QED) is 0.780. The second kappa shape index (κ2) is 5.93. The monoisotopic (exact) mass is 210 g/mol. The van der Waals surface area contributed by atoms with Gasteiger partial charge in [-0.05, 0) is 33.5 Å². The van der Waals surface area contributed by atoms with Gasteiger partial charge in [-0.3, -0.25) is 4.90 Å². The van der Waals surface area contributed by atoms with Crippen molar-refractivity contribution in [2.24, 2.45) is 0 Å². The van der Waals surface area contributed by atoms with Crippen molar-refractivity contribution in [2.75, 3.05) is 14.1 Å². The Kier molecular flexibility index (Phi) is 4.85. The molecule has 1 atom stereocenters. The van der Waals surface area contributed by atoms with Crippen LogP contribution in [0.15, 0.2) is 16.7 Å². The summed E-state index contributed by atoms with van der Waals surface area (Å²) in [5, 5.41) is 3.11. The molecule has 0 saturated carbocycles. The van der Waals surface area contributed by atoms with Crippen molar-refractivity contribution in [1.29, 1.82) is 0 Å². The molecular formula is C12H22N2O. The lowest BCUT2D eigenvalue weighted by Gasteiger charge is -2.23. The van der Waals surface area contributed by atoms with E-state index in [0.717, 1.165) is 18.8 Å². The minimum atomic E-state index is 0.613. The van der Waals surface area contributed by atoms with Crippen LogP contribution in [0.25, 0.3) is 0 Å². The zero-order valence-electron chi connectivity index (χ0n) is 10.2. The van der Waals surface area contributed by atoms with E-state index in [1.807, 2.05) is 7.05 Å². The van der Waals surface area contributed by atoms with Crippen LogP contribution >= 0.6 is 0 Å². The normalized spacial score (nSPS) is 13.4. The smallest absolute Gasteiger partial charge is 0.122 e. The fraction of sp³-hybridized carbons (Fsp3) is 0.667. The Hall–Kier alpha value is -0.800. The average Bonchev–Trinajstić information content (AvgIpc) is 2.65. The lowest BCUT2D eigenvalue weighted by molar-refractivity contribution is 0.242. The highest BCUT2D eigenvalue weighted by Gasteiger charge is 2.11. The van der Waals surface area contributed by atoms with Crippen LogP contribution in [0.2, 0.25) is 0 Å². The van der Waals surface area contributed by atoms with Gasteiger partial charge in [-0.25, -0.2) is 0 Å². The molecule has 1 aromatic rings. The van der Waals surface area contributed by atoms with Gasteiger partial charge in [0.15, 0.2) is 0 Å². The van der Waals surface area contributed by atoms with Gasteiger partial charge in [0.2, 0.25) is 0 Å². The second-order valence-corrected chi connectivity index (χ2v) is 4.07. The Morgan fingerprint density at radius 2 is 2.27 bits per heavy atom. The van der Waals surface area contributed by atoms with E-state index in [1.54, 1.807) is 6.26 Å². The summed E-state index contributed by atoms with van der Waals surface area (Å²) in [6.45, 7) is 6.22. The summed E-state index contributed by atoms with van der Waals surface area (Å²) in [5.41, 5.74) is 1.28. The summed E-state index contributed by atoms with van der Waals surface area (Å²) in [6, 6.07) is 2.67. The minimum Gasteiger partial charge on any atom is -0.468 e. The average molecular weight is 210 g/mol. The summed E-state index contributed by atoms with van der Waals surface area (Å²) >= 11 is 0. The van der Waals surface area contributed by atoms with Crippen LogP contribution in [-0.2, 0) is 13.1 Å². The number of nitrogens with one attached hydrogen (secondary N) is 1. The van der Waals surface area contributed by atoms with E-state index in [2.05, 4.69) is 37.2 Å². The molecule has 15 heavy (non-hydrogen) atoms. The Balaban J connectivity index is 2.59. The van der Waals surface area contributed by atoms with Gasteiger partial charge in [-0.2, -0.15) is 0 Å². The van der Waals surface area contributed by atoms with E-state index in [9.17, 15) is 0 Å². The van der Waals surface area contributed by atoms with Crippen LogP contribution in [0.3, 0.4) is 0 Å². The maximum Gasteiger partial charge on any atom is 0.122 e. The molecule has 0 aliphatic carbocycles. The van der Waals surface area contributed by atoms with Crippen molar-refractivity contribution in [3.63, 3.8) is 0 Å². The largest absolute Gasteiger partial charge is 0.468 e. The van der Waals surface area contributed by atoms with Gasteiger partial charge in [0.25, 0.3) is 0 Å². The number of rotatable bonds is 6. The Morgan fingerprint density at radius 1 is 1.53 bits per heavy atom. The van der Waals surface area contributed by atoms with E-state index in [4.69, 9.17) is 4.42 Å². The molecule has 1 aromatic heterocycles. The van der Waals surface area contributed by atoms with Gasteiger partial charge >= 0.3 is 0 Å². The second-order valence-electron chi connectivity index (χ2n) is 4.07. The molecule has 0 bridgehead atoms. The molecule has 0 saturated heterocycles. The van der Waals surface area contributed by atoms with Crippen LogP contribution in [0.5, 0.6) is 0 Å². The molecule has 1 N–H and O–H groups in total. The fourth-order valence-corrected chi connectivity index (χ4v) is 1.56. The van der Waals surface area contributed by atoms with E-state index in [0.29, 0.717) is 6.04 Å². The van der Waals surface area contributed by atoms with Crippen molar-refractivity contribution < 1.29 is 4.42 Å². The predicted octanol–water partition coefficient (Wildman–Crippen LogP) is 2.23. The van der Waals surface area contributed by atoms with Gasteiger partial charge < -0.3 is 9.73 Å². The number of nitrogens with zero attached hydrogens (tertiary/aromatic N) is 1. The first-order valence-corrected chi connectivity index (χ1v) is 5.59. The first-order chi connectivity index (χ1) is 7.19. The van der Waals surface area contributed by atoms with E-state index in [1.165, 1.54) is 12.0 Å². The highest BCUT2D eigenvalue weighted by molar-refractivity contribution is 5.16. The molecule has 0 amide bonds. The van der Waals surface area contributed by atoms with Crippen LogP contribution in [-0.4, -0.2) is 25.0 Å². The molecule has 0 radical (unpaired) electrons. The number of hydrogen-bond acceptors (Lipinski definition) is 3. The molecular weight excluding hydrogens is 188 g/mol. The number of hydrogen-bond donors (Lipinski definition) is 1. The zero-order chi connectivity index (χ0) is 11.3. The van der Waals surface area contributed by atoms with Gasteiger partial charge in [0.1, 0.15) is 5.76 Å². The van der Waals surface area contributed by atoms with Crippen LogP contribution < -0.4 is 5.32 Å².